The van der Waals surface area contributed by atoms with Crippen LogP contribution in [0.1, 0.15) is 45.3 Å². The molecule has 35 heavy (non-hydrogen) atoms. The van der Waals surface area contributed by atoms with Crippen molar-refractivity contribution in [2.24, 2.45) is 5.92 Å². The maximum Gasteiger partial charge on any atom is 0.328 e. The molecule has 2 unspecified atom stereocenters. The Kier molecular flexibility index (Phi) is 6.81. The van der Waals surface area contributed by atoms with Crippen LogP contribution in [0.2, 0.25) is 0 Å². The molecule has 0 bridgehead atoms. The number of nitrogens with zero attached hydrogens (tertiary/aromatic N) is 1. The Morgan fingerprint density at radius 3 is 2.74 bits per heavy atom. The Morgan fingerprint density at radius 2 is 2.03 bits per heavy atom. The zero-order chi connectivity index (χ0) is 27.4. The van der Waals surface area contributed by atoms with Crippen LogP contribution >= 0.6 is 11.8 Å². The first-order valence-electron chi connectivity index (χ1n) is 12.9. The summed E-state index contributed by atoms with van der Waals surface area (Å²) in [5.41, 5.74) is 1.13. The van der Waals surface area contributed by atoms with Gasteiger partial charge in [0, 0.05) is 41.5 Å². The number of piperidine rings is 1. The molecule has 0 radical (unpaired) electrons. The van der Waals surface area contributed by atoms with Gasteiger partial charge in [-0.2, -0.15) is 0 Å². The molecule has 1 saturated carbocycles. The lowest BCUT2D eigenvalue weighted by Gasteiger charge is -2.38. The highest BCUT2D eigenvalue weighted by Gasteiger charge is 2.41. The molecule has 4 rings (SSSR count). The molecule has 2 atom stereocenters. The molecule has 2 fully saturated rings. The van der Waals surface area contributed by atoms with E-state index < -0.39 is 24.9 Å². The summed E-state index contributed by atoms with van der Waals surface area (Å²) in [6, 6.07) is 11.3. The van der Waals surface area contributed by atoms with Crippen LogP contribution < -0.4 is 4.74 Å². The van der Waals surface area contributed by atoms with Crippen molar-refractivity contribution in [3.8, 4) is 5.75 Å². The third-order valence-electron chi connectivity index (χ3n) is 6.29. The smallest absolute Gasteiger partial charge is 0.328 e. The third kappa shape index (κ3) is 6.18. The maximum atomic E-state index is 14.7. The van der Waals surface area contributed by atoms with Gasteiger partial charge in [-0.3, -0.25) is 14.5 Å². The molecule has 2 aromatic rings. The number of carboxylic acids is 1. The fourth-order valence-electron chi connectivity index (χ4n) is 4.40. The number of hydrogen-bond donors (Lipinski definition) is 1. The first kappa shape index (κ1) is 21.3. The predicted molar refractivity (Wildman–Crippen MR) is 132 cm³/mol. The summed E-state index contributed by atoms with van der Waals surface area (Å²) in [6.07, 6.45) is 3.13. The first-order chi connectivity index (χ1) is 18.0. The molecule has 1 aliphatic carbocycles. The van der Waals surface area contributed by atoms with Crippen molar-refractivity contribution in [1.82, 2.24) is 4.90 Å². The fourth-order valence-corrected chi connectivity index (χ4v) is 5.55. The average molecular weight is 501 g/mol. The minimum absolute atomic E-state index is 0.0383. The molecule has 1 saturated heterocycles. The van der Waals surface area contributed by atoms with E-state index >= 15 is 0 Å². The van der Waals surface area contributed by atoms with Gasteiger partial charge in [0.25, 0.3) is 0 Å². The first-order valence-corrected chi connectivity index (χ1v) is 12.5. The number of methoxy groups -OCH3 is 1. The number of thioether (sulfide) groups is 1. The van der Waals surface area contributed by atoms with E-state index in [1.165, 1.54) is 36.0 Å². The number of hydrogen-bond acceptors (Lipinski definition) is 6. The van der Waals surface area contributed by atoms with E-state index in [1.54, 1.807) is 24.3 Å². The van der Waals surface area contributed by atoms with Crippen LogP contribution in [0.25, 0.3) is 0 Å². The van der Waals surface area contributed by atoms with Crippen LogP contribution in [-0.4, -0.2) is 58.7 Å². The minimum Gasteiger partial charge on any atom is -0.497 e. The standard InChI is InChI=1S/C27H28FNO5S/c1-34-20-6-4-5-18(13-20)23(30)16-35-24-11-12-29(15-19(24)14-25(31)32)26(27(33)17-9-10-17)21-7-2-3-8-22(21)28/h2-8,13-14,17,24,26H,9-12,15-16H2,1H3,(H,31,32)/b19-14-/i1D3. The number of ketones is 2. The number of rotatable bonds is 10. The molecule has 8 heteroatoms. The van der Waals surface area contributed by atoms with Crippen LogP contribution in [0.15, 0.2) is 60.2 Å². The molecular weight excluding hydrogens is 469 g/mol. The minimum atomic E-state index is -2.64. The SMILES string of the molecule is [2H]C([2H])([2H])Oc1cccc(C(=O)CSC2CCN(C(C(=O)C3CC3)c3ccccc3F)C/C2=C/C(=O)O)c1. The van der Waals surface area contributed by atoms with E-state index in [4.69, 9.17) is 8.85 Å². The van der Waals surface area contributed by atoms with Crippen LogP contribution in [0, 0.1) is 11.7 Å². The van der Waals surface area contributed by atoms with E-state index in [9.17, 15) is 23.9 Å². The van der Waals surface area contributed by atoms with E-state index in [0.29, 0.717) is 24.1 Å². The highest BCUT2D eigenvalue weighted by atomic mass is 32.2. The lowest BCUT2D eigenvalue weighted by molar-refractivity contribution is -0.131. The Hall–Kier alpha value is -2.97. The Balaban J connectivity index is 1.48. The number of Topliss-reactive ketones (excluding diaryl/α,β-unsaturated/α-hetero) is 2. The number of benzene rings is 2. The fraction of sp³-hybridized carbons (Fsp3) is 0.370. The van der Waals surface area contributed by atoms with E-state index in [0.717, 1.165) is 18.9 Å². The van der Waals surface area contributed by atoms with Gasteiger partial charge < -0.3 is 9.84 Å². The van der Waals surface area contributed by atoms with Crippen LogP contribution in [0.5, 0.6) is 5.75 Å². The molecule has 2 aromatic carbocycles. The molecule has 1 heterocycles. The second-order valence-electron chi connectivity index (χ2n) is 8.77. The second kappa shape index (κ2) is 11.2. The molecule has 0 spiro atoms. The summed E-state index contributed by atoms with van der Waals surface area (Å²) in [4.78, 5) is 39.5. The molecular formula is C27H28FNO5S. The van der Waals surface area contributed by atoms with Crippen molar-refractivity contribution in [2.45, 2.75) is 30.6 Å². The van der Waals surface area contributed by atoms with Crippen molar-refractivity contribution in [1.29, 1.82) is 0 Å². The quantitative estimate of drug-likeness (QED) is 0.378. The number of carboxylic acid groups (broad SMARTS) is 1. The highest BCUT2D eigenvalue weighted by molar-refractivity contribution is 8.00. The second-order valence-corrected chi connectivity index (χ2v) is 9.96. The Morgan fingerprint density at radius 1 is 1.23 bits per heavy atom. The monoisotopic (exact) mass is 500 g/mol. The predicted octanol–water partition coefficient (Wildman–Crippen LogP) is 4.56. The van der Waals surface area contributed by atoms with Gasteiger partial charge in [-0.05, 0) is 43.0 Å². The van der Waals surface area contributed by atoms with Crippen molar-refractivity contribution in [2.75, 3.05) is 25.9 Å². The van der Waals surface area contributed by atoms with Crippen LogP contribution in [-0.2, 0) is 9.59 Å². The Bertz CT molecular complexity index is 1250. The molecule has 184 valence electrons. The van der Waals surface area contributed by atoms with Gasteiger partial charge in [-0.1, -0.05) is 30.3 Å². The van der Waals surface area contributed by atoms with Crippen molar-refractivity contribution in [3.63, 3.8) is 0 Å². The topological polar surface area (TPSA) is 83.9 Å². The molecule has 2 aliphatic rings. The van der Waals surface area contributed by atoms with Gasteiger partial charge in [-0.15, -0.1) is 11.8 Å². The Labute approximate surface area is 212 Å². The molecule has 0 amide bonds. The van der Waals surface area contributed by atoms with Gasteiger partial charge in [-0.25, -0.2) is 9.18 Å². The normalized spacial score (nSPS) is 22.0. The molecule has 0 aromatic heterocycles. The number of halogens is 1. The van der Waals surface area contributed by atoms with Crippen LogP contribution in [0.4, 0.5) is 4.39 Å². The number of carbonyl (C=O) groups excluding carboxylic acids is 2. The average Bonchev–Trinajstić information content (AvgIpc) is 3.69. The van der Waals surface area contributed by atoms with Crippen molar-refractivity contribution >= 4 is 29.3 Å². The molecule has 1 N–H and O–H groups in total. The summed E-state index contributed by atoms with van der Waals surface area (Å²) < 4.78 is 41.3. The zero-order valence-electron chi connectivity index (χ0n) is 22.0. The summed E-state index contributed by atoms with van der Waals surface area (Å²) in [7, 11) is -2.64. The van der Waals surface area contributed by atoms with E-state index in [-0.39, 0.29) is 46.3 Å². The van der Waals surface area contributed by atoms with Crippen LogP contribution in [0.3, 0.4) is 0 Å². The number of carbonyl (C=O) groups is 3. The van der Waals surface area contributed by atoms with Crippen molar-refractivity contribution in [3.05, 3.63) is 77.1 Å². The maximum absolute atomic E-state index is 14.7. The number of ether oxygens (including phenoxy) is 1. The summed E-state index contributed by atoms with van der Waals surface area (Å²) >= 11 is 1.29. The van der Waals surface area contributed by atoms with Gasteiger partial charge in [0.2, 0.25) is 0 Å². The molecule has 1 aliphatic heterocycles. The third-order valence-corrected chi connectivity index (χ3v) is 7.66. The molecule has 6 nitrogen and oxygen atoms in total. The van der Waals surface area contributed by atoms with Crippen molar-refractivity contribution < 1.29 is 32.7 Å². The number of likely N-dealkylation sites (tertiary alicyclic amines) is 1. The number of aliphatic carboxylic acids is 1. The van der Waals surface area contributed by atoms with Gasteiger partial charge in [0.15, 0.2) is 11.6 Å². The van der Waals surface area contributed by atoms with Gasteiger partial charge in [0.1, 0.15) is 11.6 Å². The van der Waals surface area contributed by atoms with Gasteiger partial charge in [0.05, 0.1) is 22.9 Å². The highest BCUT2D eigenvalue weighted by Crippen LogP contribution is 2.40. The largest absolute Gasteiger partial charge is 0.497 e. The summed E-state index contributed by atoms with van der Waals surface area (Å²) in [5.74, 6) is -1.93. The van der Waals surface area contributed by atoms with Gasteiger partial charge >= 0.3 is 5.97 Å². The zero-order valence-corrected chi connectivity index (χ0v) is 19.8. The lowest BCUT2D eigenvalue weighted by atomic mass is 9.93. The summed E-state index contributed by atoms with van der Waals surface area (Å²) in [5, 5.41) is 9.21. The lowest BCUT2D eigenvalue weighted by Crippen LogP contribution is -2.43. The van der Waals surface area contributed by atoms with E-state index in [1.807, 2.05) is 4.90 Å². The summed E-state index contributed by atoms with van der Waals surface area (Å²) in [6.45, 7) is 0.597. The van der Waals surface area contributed by atoms with E-state index in [2.05, 4.69) is 0 Å².